The fraction of sp³-hybridized carbons (Fsp3) is 0.353. The van der Waals surface area contributed by atoms with Crippen LogP contribution in [0.1, 0.15) is 23.8 Å². The third kappa shape index (κ3) is 3.11. The maximum Gasteiger partial charge on any atom is 0.236 e. The summed E-state index contributed by atoms with van der Waals surface area (Å²) in [5, 5.41) is 15.7. The van der Waals surface area contributed by atoms with Crippen LogP contribution >= 0.6 is 34.4 Å². The lowest BCUT2D eigenvalue weighted by molar-refractivity contribution is -0.113. The van der Waals surface area contributed by atoms with E-state index in [0.717, 1.165) is 34.6 Å². The number of nitrogens with zero attached hydrogens (tertiary/aromatic N) is 5. The molecule has 0 aliphatic heterocycles. The number of thiazole rings is 1. The summed E-state index contributed by atoms with van der Waals surface area (Å²) in [6.07, 6.45) is 6.83. The molecule has 4 aromatic heterocycles. The summed E-state index contributed by atoms with van der Waals surface area (Å²) in [6.45, 7) is 2.30. The molecule has 27 heavy (non-hydrogen) atoms. The van der Waals surface area contributed by atoms with Crippen molar-refractivity contribution >= 4 is 61.3 Å². The van der Waals surface area contributed by atoms with E-state index >= 15 is 0 Å². The van der Waals surface area contributed by atoms with Gasteiger partial charge in [0, 0.05) is 16.5 Å². The molecule has 0 bridgehead atoms. The first-order valence-electron chi connectivity index (χ1n) is 8.65. The van der Waals surface area contributed by atoms with E-state index in [2.05, 4.69) is 32.4 Å². The van der Waals surface area contributed by atoms with Gasteiger partial charge in [-0.25, -0.2) is 9.97 Å². The monoisotopic (exact) mass is 416 g/mol. The molecule has 10 heteroatoms. The summed E-state index contributed by atoms with van der Waals surface area (Å²) in [4.78, 5) is 23.3. The second-order valence-electron chi connectivity index (χ2n) is 6.63. The molecule has 0 spiro atoms. The minimum atomic E-state index is -0.109. The first-order chi connectivity index (χ1) is 13.2. The van der Waals surface area contributed by atoms with Crippen LogP contribution in [0.4, 0.5) is 5.13 Å². The van der Waals surface area contributed by atoms with Crippen molar-refractivity contribution in [3.63, 3.8) is 0 Å². The molecule has 0 saturated heterocycles. The molecule has 138 valence electrons. The lowest BCUT2D eigenvalue weighted by Crippen LogP contribution is -2.14. The highest BCUT2D eigenvalue weighted by Gasteiger charge is 2.24. The van der Waals surface area contributed by atoms with Crippen molar-refractivity contribution in [1.82, 2.24) is 24.6 Å². The molecule has 0 saturated carbocycles. The van der Waals surface area contributed by atoms with Gasteiger partial charge in [0.15, 0.2) is 15.9 Å². The first kappa shape index (κ1) is 17.1. The molecular weight excluding hydrogens is 400 g/mol. The van der Waals surface area contributed by atoms with Gasteiger partial charge in [0.25, 0.3) is 0 Å². The Hall–Kier alpha value is -2.04. The normalized spacial score (nSPS) is 16.7. The van der Waals surface area contributed by atoms with Gasteiger partial charge < -0.3 is 5.32 Å². The molecule has 5 rings (SSSR count). The SMILES string of the molecule is CC1CCc2c(sc3ncn4c(SCC(=O)Nc5nccs5)nnc4c23)C1. The van der Waals surface area contributed by atoms with Gasteiger partial charge in [-0.1, -0.05) is 18.7 Å². The van der Waals surface area contributed by atoms with E-state index in [1.54, 1.807) is 23.9 Å². The van der Waals surface area contributed by atoms with Gasteiger partial charge >= 0.3 is 0 Å². The van der Waals surface area contributed by atoms with Crippen LogP contribution in [0.15, 0.2) is 23.1 Å². The largest absolute Gasteiger partial charge is 0.301 e. The number of hydrogen-bond donors (Lipinski definition) is 1. The Kier molecular flexibility index (Phi) is 4.33. The molecule has 7 nitrogen and oxygen atoms in total. The highest BCUT2D eigenvalue weighted by atomic mass is 32.2. The van der Waals surface area contributed by atoms with Crippen LogP contribution in [-0.4, -0.2) is 36.2 Å². The summed E-state index contributed by atoms with van der Waals surface area (Å²) in [5.74, 6) is 0.863. The van der Waals surface area contributed by atoms with Gasteiger partial charge in [0.1, 0.15) is 11.2 Å². The Morgan fingerprint density at radius 1 is 1.41 bits per heavy atom. The minimum Gasteiger partial charge on any atom is -0.301 e. The Morgan fingerprint density at radius 2 is 2.33 bits per heavy atom. The van der Waals surface area contributed by atoms with Crippen molar-refractivity contribution < 1.29 is 4.79 Å². The predicted molar refractivity (Wildman–Crippen MR) is 109 cm³/mol. The number of aryl methyl sites for hydroxylation is 1. The standard InChI is InChI=1S/C17H16N6OS3/c1-9-2-3-10-11(6-9)27-15-13(10)14-21-22-17(23(14)8-19-15)26-7-12(24)20-16-18-4-5-25-16/h4-5,8-9H,2-3,6-7H2,1H3,(H,18,20,24). The number of rotatable bonds is 4. The van der Waals surface area contributed by atoms with Gasteiger partial charge in [0.2, 0.25) is 5.91 Å². The molecule has 4 aromatic rings. The Labute approximate surface area is 167 Å². The number of nitrogens with one attached hydrogen (secondary N) is 1. The molecule has 0 fully saturated rings. The Bertz CT molecular complexity index is 1130. The minimum absolute atomic E-state index is 0.109. The van der Waals surface area contributed by atoms with Crippen LogP contribution in [0.2, 0.25) is 0 Å². The summed E-state index contributed by atoms with van der Waals surface area (Å²) in [6, 6.07) is 0. The van der Waals surface area contributed by atoms with Crippen molar-refractivity contribution in [2.24, 2.45) is 5.92 Å². The van der Waals surface area contributed by atoms with Crippen molar-refractivity contribution in [2.45, 2.75) is 31.3 Å². The number of amides is 1. The maximum absolute atomic E-state index is 12.1. The van der Waals surface area contributed by atoms with Crippen LogP contribution in [-0.2, 0) is 17.6 Å². The molecule has 4 heterocycles. The van der Waals surface area contributed by atoms with Gasteiger partial charge in [0.05, 0.1) is 11.1 Å². The summed E-state index contributed by atoms with van der Waals surface area (Å²) < 4.78 is 1.90. The van der Waals surface area contributed by atoms with E-state index in [0.29, 0.717) is 10.3 Å². The number of carbonyl (C=O) groups excluding carboxylic acids is 1. The molecule has 0 radical (unpaired) electrons. The maximum atomic E-state index is 12.1. The van der Waals surface area contributed by atoms with E-state index in [9.17, 15) is 4.79 Å². The van der Waals surface area contributed by atoms with Crippen LogP contribution in [0.25, 0.3) is 15.9 Å². The quantitative estimate of drug-likeness (QED) is 0.511. The van der Waals surface area contributed by atoms with E-state index in [4.69, 9.17) is 0 Å². The lowest BCUT2D eigenvalue weighted by atomic mass is 9.89. The van der Waals surface area contributed by atoms with Crippen LogP contribution in [0.5, 0.6) is 0 Å². The zero-order valence-corrected chi connectivity index (χ0v) is 17.0. The summed E-state index contributed by atoms with van der Waals surface area (Å²) in [7, 11) is 0. The molecule has 0 aromatic carbocycles. The third-order valence-electron chi connectivity index (χ3n) is 4.68. The average Bonchev–Trinajstić information content (AvgIpc) is 3.37. The van der Waals surface area contributed by atoms with Gasteiger partial charge in [-0.15, -0.1) is 32.9 Å². The molecule has 1 aliphatic rings. The smallest absolute Gasteiger partial charge is 0.236 e. The van der Waals surface area contributed by atoms with Crippen molar-refractivity contribution in [3.8, 4) is 0 Å². The molecular formula is C17H16N6OS3. The number of anilines is 1. The number of hydrogen-bond acceptors (Lipinski definition) is 8. The number of thiophene rings is 1. The van der Waals surface area contributed by atoms with Gasteiger partial charge in [-0.3, -0.25) is 9.20 Å². The number of thioether (sulfide) groups is 1. The van der Waals surface area contributed by atoms with E-state index in [-0.39, 0.29) is 11.7 Å². The van der Waals surface area contributed by atoms with E-state index in [1.807, 2.05) is 9.78 Å². The fourth-order valence-corrected chi connectivity index (χ4v) is 5.98. The van der Waals surface area contributed by atoms with Crippen molar-refractivity contribution in [3.05, 3.63) is 28.3 Å². The predicted octanol–water partition coefficient (Wildman–Crippen LogP) is 3.65. The average molecular weight is 417 g/mol. The molecule has 1 N–H and O–H groups in total. The molecule has 1 unspecified atom stereocenters. The highest BCUT2D eigenvalue weighted by molar-refractivity contribution is 7.99. The lowest BCUT2D eigenvalue weighted by Gasteiger charge is -2.17. The number of fused-ring (bicyclic) bond motifs is 5. The fourth-order valence-electron chi connectivity index (χ4n) is 3.39. The van der Waals surface area contributed by atoms with Gasteiger partial charge in [-0.2, -0.15) is 0 Å². The summed E-state index contributed by atoms with van der Waals surface area (Å²) >= 11 is 4.53. The van der Waals surface area contributed by atoms with Crippen LogP contribution < -0.4 is 5.32 Å². The van der Waals surface area contributed by atoms with E-state index < -0.39 is 0 Å². The second-order valence-corrected chi connectivity index (χ2v) is 9.55. The Balaban J connectivity index is 1.43. The zero-order valence-electron chi connectivity index (χ0n) is 14.5. The van der Waals surface area contributed by atoms with Crippen molar-refractivity contribution in [1.29, 1.82) is 0 Å². The van der Waals surface area contributed by atoms with Crippen molar-refractivity contribution in [2.75, 3.05) is 11.1 Å². The molecule has 1 aliphatic carbocycles. The van der Waals surface area contributed by atoms with Gasteiger partial charge in [-0.05, 0) is 30.7 Å². The first-order valence-corrected chi connectivity index (χ1v) is 11.3. The topological polar surface area (TPSA) is 85.1 Å². The van der Waals surface area contributed by atoms with E-state index in [1.165, 1.54) is 40.0 Å². The third-order valence-corrected chi connectivity index (χ3v) is 7.48. The van der Waals surface area contributed by atoms with Crippen LogP contribution in [0, 0.1) is 5.92 Å². The summed E-state index contributed by atoms with van der Waals surface area (Å²) in [5.41, 5.74) is 2.23. The number of carbonyl (C=O) groups is 1. The Morgan fingerprint density at radius 3 is 3.19 bits per heavy atom. The zero-order chi connectivity index (χ0) is 18.4. The second kappa shape index (κ2) is 6.84. The number of aromatic nitrogens is 5. The highest BCUT2D eigenvalue weighted by Crippen LogP contribution is 2.39. The van der Waals surface area contributed by atoms with Crippen LogP contribution in [0.3, 0.4) is 0 Å². The molecule has 1 atom stereocenters. The molecule has 1 amide bonds.